The minimum Gasteiger partial charge on any atom is -0.477 e. The summed E-state index contributed by atoms with van der Waals surface area (Å²) in [5, 5.41) is 6.94. The average Bonchev–Trinajstić information content (AvgIpc) is 3.76. The van der Waals surface area contributed by atoms with Gasteiger partial charge in [0.05, 0.1) is 5.56 Å². The van der Waals surface area contributed by atoms with Crippen LogP contribution in [0.2, 0.25) is 5.02 Å². The molecule has 2 unspecified atom stereocenters. The largest absolute Gasteiger partial charge is 0.477 e. The van der Waals surface area contributed by atoms with Crippen LogP contribution in [0.25, 0.3) is 0 Å². The van der Waals surface area contributed by atoms with E-state index in [0.717, 1.165) is 57.2 Å². The molecule has 2 amide bonds. The molecule has 3 heterocycles. The van der Waals surface area contributed by atoms with E-state index in [4.69, 9.17) is 16.3 Å². The van der Waals surface area contributed by atoms with Crippen molar-refractivity contribution in [2.24, 2.45) is 0 Å². The Hall–Kier alpha value is -2.80. The molecule has 34 heavy (non-hydrogen) atoms. The van der Waals surface area contributed by atoms with Crippen LogP contribution in [0.5, 0.6) is 5.75 Å². The predicted molar refractivity (Wildman–Crippen MR) is 129 cm³/mol. The molecule has 1 aromatic carbocycles. The molecule has 1 aromatic heterocycles. The number of ether oxygens (including phenoxy) is 1. The maximum atomic E-state index is 13.1. The number of aromatic nitrogens is 1. The standard InChI is InChI=1S/C26H29ClN4O3/c27-17-2-8-22(9-3-17)34-26(11-12-26)25(33)30-19-13-20-6-7-21(14-19)31(20)23-10-1-16(15-28-23)24(32)29-18-4-5-18/h1-3,8-10,15,18-21H,4-7,11-14H2,(H,29,32)(H,30,33). The van der Waals surface area contributed by atoms with Crippen LogP contribution in [0.1, 0.15) is 61.7 Å². The third-order valence-corrected chi connectivity index (χ3v) is 7.75. The summed E-state index contributed by atoms with van der Waals surface area (Å²) in [6, 6.07) is 12.2. The minimum absolute atomic E-state index is 0.00977. The number of anilines is 1. The van der Waals surface area contributed by atoms with E-state index in [1.54, 1.807) is 18.3 Å². The predicted octanol–water partition coefficient (Wildman–Crippen LogP) is 3.85. The molecule has 2 saturated heterocycles. The van der Waals surface area contributed by atoms with Gasteiger partial charge in [-0.25, -0.2) is 4.98 Å². The Labute approximate surface area is 204 Å². The summed E-state index contributed by atoms with van der Waals surface area (Å²) in [4.78, 5) is 32.4. The first-order valence-electron chi connectivity index (χ1n) is 12.3. The van der Waals surface area contributed by atoms with Gasteiger partial charge in [0.15, 0.2) is 5.60 Å². The van der Waals surface area contributed by atoms with Gasteiger partial charge in [0.2, 0.25) is 0 Å². The van der Waals surface area contributed by atoms with Crippen molar-refractivity contribution in [3.8, 4) is 5.75 Å². The first kappa shape index (κ1) is 21.7. The number of fused-ring (bicyclic) bond motifs is 2. The van der Waals surface area contributed by atoms with Gasteiger partial charge >= 0.3 is 0 Å². The van der Waals surface area contributed by atoms with E-state index < -0.39 is 5.60 Å². The lowest BCUT2D eigenvalue weighted by atomic mass is 9.96. The lowest BCUT2D eigenvalue weighted by Crippen LogP contribution is -2.53. The van der Waals surface area contributed by atoms with Crippen LogP contribution in [0.3, 0.4) is 0 Å². The molecule has 8 heteroatoms. The molecule has 2 atom stereocenters. The molecule has 2 N–H and O–H groups in total. The van der Waals surface area contributed by atoms with E-state index >= 15 is 0 Å². The van der Waals surface area contributed by atoms with Crippen LogP contribution in [-0.4, -0.2) is 46.6 Å². The van der Waals surface area contributed by atoms with Gasteiger partial charge in [-0.05, 0) is 74.9 Å². The molecule has 0 radical (unpaired) electrons. The van der Waals surface area contributed by atoms with Gasteiger partial charge in [0, 0.05) is 48.2 Å². The number of amides is 2. The summed E-state index contributed by atoms with van der Waals surface area (Å²) >= 11 is 5.96. The number of nitrogens with one attached hydrogen (secondary N) is 2. The SMILES string of the molecule is O=C(NC1CC1)c1ccc(N2C3CCC2CC(NC(=O)C2(Oc4ccc(Cl)cc4)CC2)C3)nc1. The van der Waals surface area contributed by atoms with Crippen molar-refractivity contribution in [3.63, 3.8) is 0 Å². The van der Waals surface area contributed by atoms with Crippen molar-refractivity contribution >= 4 is 29.2 Å². The molecule has 2 bridgehead atoms. The molecule has 4 aliphatic rings. The van der Waals surface area contributed by atoms with Crippen molar-refractivity contribution < 1.29 is 14.3 Å². The van der Waals surface area contributed by atoms with E-state index in [-0.39, 0.29) is 17.9 Å². The van der Waals surface area contributed by atoms with Crippen LogP contribution in [0.15, 0.2) is 42.6 Å². The second-order valence-electron chi connectivity index (χ2n) is 10.1. The van der Waals surface area contributed by atoms with Crippen molar-refractivity contribution in [1.29, 1.82) is 0 Å². The third-order valence-electron chi connectivity index (χ3n) is 7.50. The summed E-state index contributed by atoms with van der Waals surface area (Å²) in [5.41, 5.74) is -0.136. The lowest BCUT2D eigenvalue weighted by molar-refractivity contribution is -0.130. The van der Waals surface area contributed by atoms with Gasteiger partial charge in [0.1, 0.15) is 11.6 Å². The zero-order valence-corrected chi connectivity index (χ0v) is 19.8. The molecular weight excluding hydrogens is 452 g/mol. The molecule has 2 aliphatic heterocycles. The van der Waals surface area contributed by atoms with Gasteiger partial charge in [-0.3, -0.25) is 9.59 Å². The first-order chi connectivity index (χ1) is 16.5. The monoisotopic (exact) mass is 480 g/mol. The number of hydrogen-bond donors (Lipinski definition) is 2. The molecule has 4 fully saturated rings. The van der Waals surface area contributed by atoms with E-state index in [1.807, 2.05) is 24.3 Å². The highest BCUT2D eigenvalue weighted by atomic mass is 35.5. The summed E-state index contributed by atoms with van der Waals surface area (Å²) < 4.78 is 6.07. The molecule has 178 valence electrons. The summed E-state index contributed by atoms with van der Waals surface area (Å²) in [5.74, 6) is 1.54. The quantitative estimate of drug-likeness (QED) is 0.628. The van der Waals surface area contributed by atoms with Crippen molar-refractivity contribution in [2.45, 2.75) is 81.1 Å². The number of carbonyl (C=O) groups is 2. The first-order valence-corrected chi connectivity index (χ1v) is 12.7. The van der Waals surface area contributed by atoms with Crippen molar-refractivity contribution in [2.75, 3.05) is 4.90 Å². The van der Waals surface area contributed by atoms with Gasteiger partial charge in [0.25, 0.3) is 11.8 Å². The van der Waals surface area contributed by atoms with Gasteiger partial charge in [-0.2, -0.15) is 0 Å². The van der Waals surface area contributed by atoms with Crippen LogP contribution < -0.4 is 20.3 Å². The van der Waals surface area contributed by atoms with Crippen LogP contribution >= 0.6 is 11.6 Å². The number of nitrogens with zero attached hydrogens (tertiary/aromatic N) is 2. The zero-order chi connectivity index (χ0) is 23.3. The van der Waals surface area contributed by atoms with Gasteiger partial charge in [-0.15, -0.1) is 0 Å². The Morgan fingerprint density at radius 1 is 0.941 bits per heavy atom. The second kappa shape index (κ2) is 8.45. The number of carbonyl (C=O) groups excluding carboxylic acids is 2. The van der Waals surface area contributed by atoms with Crippen LogP contribution in [0, 0.1) is 0 Å². The number of piperidine rings is 1. The number of hydrogen-bond acceptors (Lipinski definition) is 5. The summed E-state index contributed by atoms with van der Waals surface area (Å²) in [6.45, 7) is 0. The normalized spacial score (nSPS) is 26.6. The Bertz CT molecular complexity index is 1070. The molecular formula is C26H29ClN4O3. The smallest absolute Gasteiger partial charge is 0.264 e. The Morgan fingerprint density at radius 2 is 1.65 bits per heavy atom. The minimum atomic E-state index is -0.748. The molecule has 2 aliphatic carbocycles. The topological polar surface area (TPSA) is 83.6 Å². The fourth-order valence-corrected chi connectivity index (χ4v) is 5.50. The Morgan fingerprint density at radius 3 is 2.24 bits per heavy atom. The van der Waals surface area contributed by atoms with Crippen LogP contribution in [0.4, 0.5) is 5.82 Å². The highest BCUT2D eigenvalue weighted by Crippen LogP contribution is 2.42. The van der Waals surface area contributed by atoms with Crippen molar-refractivity contribution in [3.05, 3.63) is 53.2 Å². The number of pyridine rings is 1. The van der Waals surface area contributed by atoms with E-state index in [0.29, 0.717) is 34.5 Å². The summed E-state index contributed by atoms with van der Waals surface area (Å²) in [6.07, 6.45) is 9.27. The van der Waals surface area contributed by atoms with Crippen molar-refractivity contribution in [1.82, 2.24) is 15.6 Å². The fraction of sp³-hybridized carbons (Fsp3) is 0.500. The molecule has 2 saturated carbocycles. The number of rotatable bonds is 7. The highest BCUT2D eigenvalue weighted by Gasteiger charge is 2.54. The molecule has 0 spiro atoms. The van der Waals surface area contributed by atoms with Gasteiger partial charge in [-0.1, -0.05) is 11.6 Å². The maximum absolute atomic E-state index is 13.1. The number of halogens is 1. The molecule has 2 aromatic rings. The van der Waals surface area contributed by atoms with E-state index in [9.17, 15) is 9.59 Å². The lowest BCUT2D eigenvalue weighted by Gasteiger charge is -2.40. The maximum Gasteiger partial charge on any atom is 0.264 e. The Balaban J connectivity index is 1.07. The second-order valence-corrected chi connectivity index (χ2v) is 10.6. The highest BCUT2D eigenvalue weighted by molar-refractivity contribution is 6.30. The third kappa shape index (κ3) is 4.33. The van der Waals surface area contributed by atoms with Gasteiger partial charge < -0.3 is 20.3 Å². The van der Waals surface area contributed by atoms with Crippen LogP contribution in [-0.2, 0) is 4.79 Å². The fourth-order valence-electron chi connectivity index (χ4n) is 5.37. The zero-order valence-electron chi connectivity index (χ0n) is 19.0. The molecule has 6 rings (SSSR count). The average molecular weight is 481 g/mol. The Kier molecular flexibility index (Phi) is 5.40. The summed E-state index contributed by atoms with van der Waals surface area (Å²) in [7, 11) is 0. The number of benzene rings is 1. The van der Waals surface area contributed by atoms with E-state index in [2.05, 4.69) is 20.5 Å². The van der Waals surface area contributed by atoms with E-state index in [1.165, 1.54) is 0 Å². The molecule has 7 nitrogen and oxygen atoms in total.